The van der Waals surface area contributed by atoms with Gasteiger partial charge in [-0.05, 0) is 24.3 Å². The zero-order valence-electron chi connectivity index (χ0n) is 22.3. The minimum absolute atomic E-state index is 0.556. The smallest absolute Gasteiger partial charge is 0.143 e. The highest BCUT2D eigenvalue weighted by Gasteiger charge is 2.21. The molecule has 2 aromatic carbocycles. The predicted molar refractivity (Wildman–Crippen MR) is 179 cm³/mol. The molecule has 208 valence electrons. The van der Waals surface area contributed by atoms with Crippen LogP contribution in [-0.4, -0.2) is 24.9 Å². The standard InChI is InChI=1S/C31H27N9S2/c1-3-20-24(35-18-11-7-5-8-12-18)28(39-30(20)41)37-26-22-15-32-16-23(22)27(34-17-33-26)38-29-25(21(4-2)31(42)40-29)36-19-13-9-6-10-14-19/h3-17,35-36,39-42H,1-2H2,(H2,33,34,37,38). The Kier molecular flexibility index (Phi) is 7.58. The van der Waals surface area contributed by atoms with Gasteiger partial charge < -0.3 is 31.2 Å². The fourth-order valence-corrected chi connectivity index (χ4v) is 5.23. The molecule has 2 aliphatic rings. The zero-order chi connectivity index (χ0) is 29.1. The first-order valence-electron chi connectivity index (χ1n) is 13.0. The summed E-state index contributed by atoms with van der Waals surface area (Å²) in [4.78, 5) is 20.2. The van der Waals surface area contributed by atoms with Gasteiger partial charge >= 0.3 is 0 Å². The maximum atomic E-state index is 4.63. The molecular formula is C31H27N9S2. The molecule has 0 radical (unpaired) electrons. The van der Waals surface area contributed by atoms with Gasteiger partial charge in [-0.1, -0.05) is 61.7 Å². The molecule has 0 amide bonds. The molecule has 0 atom stereocenters. The first kappa shape index (κ1) is 27.1. The Hall–Kier alpha value is -5.13. The van der Waals surface area contributed by atoms with Crippen molar-refractivity contribution in [2.45, 2.75) is 10.1 Å². The number of aromatic nitrogens is 5. The van der Waals surface area contributed by atoms with Crippen molar-refractivity contribution in [2.24, 2.45) is 0 Å². The molecule has 4 aromatic rings. The molecule has 0 saturated heterocycles. The third-order valence-corrected chi connectivity index (χ3v) is 7.30. The van der Waals surface area contributed by atoms with E-state index in [1.807, 2.05) is 60.7 Å². The minimum Gasteiger partial charge on any atom is -0.352 e. The number of hydrogen-bond donors (Lipinski definition) is 8. The van der Waals surface area contributed by atoms with Gasteiger partial charge in [0.2, 0.25) is 0 Å². The lowest BCUT2D eigenvalue weighted by Crippen LogP contribution is -2.00. The van der Waals surface area contributed by atoms with Crippen molar-refractivity contribution in [1.29, 1.82) is 0 Å². The summed E-state index contributed by atoms with van der Waals surface area (Å²) in [6, 6.07) is 19.7. The van der Waals surface area contributed by atoms with E-state index in [-0.39, 0.29) is 0 Å². The van der Waals surface area contributed by atoms with E-state index in [0.717, 1.165) is 45.0 Å². The highest BCUT2D eigenvalue weighted by Crippen LogP contribution is 2.41. The minimum atomic E-state index is 0.556. The van der Waals surface area contributed by atoms with Crippen LogP contribution in [0.5, 0.6) is 0 Å². The molecule has 42 heavy (non-hydrogen) atoms. The molecular weight excluding hydrogens is 563 g/mol. The van der Waals surface area contributed by atoms with Gasteiger partial charge in [0.05, 0.1) is 21.4 Å². The molecule has 6 N–H and O–H groups in total. The lowest BCUT2D eigenvalue weighted by Gasteiger charge is -2.12. The predicted octanol–water partition coefficient (Wildman–Crippen LogP) is 8.47. The molecule has 9 nitrogen and oxygen atoms in total. The Morgan fingerprint density at radius 3 is 1.45 bits per heavy atom. The van der Waals surface area contributed by atoms with Gasteiger partial charge in [0, 0.05) is 46.0 Å². The summed E-state index contributed by atoms with van der Waals surface area (Å²) in [5.41, 5.74) is 6.59. The maximum Gasteiger partial charge on any atom is 0.143 e. The first-order valence-corrected chi connectivity index (χ1v) is 13.9. The van der Waals surface area contributed by atoms with E-state index >= 15 is 0 Å². The zero-order valence-corrected chi connectivity index (χ0v) is 24.1. The van der Waals surface area contributed by atoms with Gasteiger partial charge in [0.25, 0.3) is 0 Å². The van der Waals surface area contributed by atoms with Gasteiger partial charge in [0.1, 0.15) is 29.6 Å². The van der Waals surface area contributed by atoms with Crippen LogP contribution >= 0.6 is 25.3 Å². The molecule has 0 aliphatic carbocycles. The number of benzene rings is 2. The van der Waals surface area contributed by atoms with Crippen molar-refractivity contribution < 1.29 is 0 Å². The summed E-state index contributed by atoms with van der Waals surface area (Å²) in [5.74, 6) is 2.45. The van der Waals surface area contributed by atoms with Crippen LogP contribution in [0, 0.1) is 0 Å². The van der Waals surface area contributed by atoms with Gasteiger partial charge in [-0.25, -0.2) is 9.97 Å². The van der Waals surface area contributed by atoms with Gasteiger partial charge in [-0.2, -0.15) is 0 Å². The van der Waals surface area contributed by atoms with E-state index in [1.165, 1.54) is 6.33 Å². The van der Waals surface area contributed by atoms with E-state index in [9.17, 15) is 0 Å². The number of fused-ring (bicyclic) bond motifs is 1. The van der Waals surface area contributed by atoms with Crippen LogP contribution in [0.15, 0.2) is 103 Å². The number of nitrogens with one attached hydrogen (secondary N) is 6. The molecule has 2 aliphatic heterocycles. The monoisotopic (exact) mass is 589 g/mol. The molecule has 6 rings (SSSR count). The van der Waals surface area contributed by atoms with Gasteiger partial charge in [-0.15, -0.1) is 25.3 Å². The largest absolute Gasteiger partial charge is 0.352 e. The third-order valence-electron chi connectivity index (χ3n) is 6.60. The van der Waals surface area contributed by atoms with Crippen LogP contribution in [0.4, 0.5) is 46.0 Å². The fraction of sp³-hybridized carbons (Fsp3) is 0. The van der Waals surface area contributed by atoms with Crippen molar-refractivity contribution in [3.05, 3.63) is 104 Å². The molecule has 2 aromatic heterocycles. The van der Waals surface area contributed by atoms with E-state index in [4.69, 9.17) is 0 Å². The Morgan fingerprint density at radius 2 is 1.05 bits per heavy atom. The van der Waals surface area contributed by atoms with Crippen LogP contribution in [0.1, 0.15) is 11.1 Å². The van der Waals surface area contributed by atoms with Crippen molar-refractivity contribution in [3.8, 4) is 11.1 Å². The summed E-state index contributed by atoms with van der Waals surface area (Å²) >= 11 is 9.26. The summed E-state index contributed by atoms with van der Waals surface area (Å²) in [5, 5.41) is 15.1. The lowest BCUT2D eigenvalue weighted by atomic mass is 10.1. The number of aromatic amines is 2. The van der Waals surface area contributed by atoms with Crippen LogP contribution in [0.25, 0.3) is 23.3 Å². The second kappa shape index (κ2) is 11.8. The summed E-state index contributed by atoms with van der Waals surface area (Å²) < 4.78 is 0. The van der Waals surface area contributed by atoms with Crippen LogP contribution in [0.2, 0.25) is 0 Å². The molecule has 0 unspecified atom stereocenters. The van der Waals surface area contributed by atoms with Crippen LogP contribution < -0.4 is 21.3 Å². The third kappa shape index (κ3) is 5.30. The number of H-pyrrole nitrogens is 2. The Labute approximate surface area is 253 Å². The Balaban J connectivity index is 1.34. The second-order valence-electron chi connectivity index (χ2n) is 9.22. The Bertz CT molecular complexity index is 1710. The number of rotatable bonds is 10. The van der Waals surface area contributed by atoms with Gasteiger partial charge in [0.15, 0.2) is 0 Å². The molecule has 0 saturated carbocycles. The molecule has 0 spiro atoms. The van der Waals surface area contributed by atoms with E-state index in [1.54, 1.807) is 24.5 Å². The number of anilines is 8. The molecule has 11 heteroatoms. The van der Waals surface area contributed by atoms with Crippen LogP contribution in [-0.2, 0) is 0 Å². The normalized spacial score (nSPS) is 10.8. The highest BCUT2D eigenvalue weighted by atomic mass is 32.1. The lowest BCUT2D eigenvalue weighted by molar-refractivity contribution is 1.17. The number of nitrogens with zero attached hydrogens (tertiary/aromatic N) is 3. The van der Waals surface area contributed by atoms with Gasteiger partial charge in [-0.3, -0.25) is 4.98 Å². The second-order valence-corrected chi connectivity index (χ2v) is 10.1. The van der Waals surface area contributed by atoms with E-state index < -0.39 is 0 Å². The van der Waals surface area contributed by atoms with E-state index in [0.29, 0.717) is 33.3 Å². The molecule has 0 fully saturated rings. The van der Waals surface area contributed by atoms with Crippen molar-refractivity contribution in [3.63, 3.8) is 0 Å². The SMILES string of the molecule is C=Cc1c(S)[nH]c(Nc2ncnc(Nc3[nH]c(S)c(C=C)c3Nc3ccccc3)c3cncc2-3)c1Nc1ccccc1. The Morgan fingerprint density at radius 1 is 0.619 bits per heavy atom. The molecule has 4 heterocycles. The number of para-hydroxylation sites is 2. The van der Waals surface area contributed by atoms with Crippen molar-refractivity contribution >= 4 is 83.4 Å². The van der Waals surface area contributed by atoms with Crippen molar-refractivity contribution in [1.82, 2.24) is 24.9 Å². The fourth-order valence-electron chi connectivity index (χ4n) is 4.60. The quantitative estimate of drug-likeness (QED) is 0.0755. The average molecular weight is 590 g/mol. The van der Waals surface area contributed by atoms with Crippen LogP contribution in [0.3, 0.4) is 0 Å². The number of hydrogen-bond acceptors (Lipinski definition) is 9. The van der Waals surface area contributed by atoms with Crippen molar-refractivity contribution in [2.75, 3.05) is 21.3 Å². The summed E-state index contributed by atoms with van der Waals surface area (Å²) in [6.45, 7) is 7.93. The highest BCUT2D eigenvalue weighted by molar-refractivity contribution is 7.80. The summed E-state index contributed by atoms with van der Waals surface area (Å²) in [7, 11) is 0. The average Bonchev–Trinajstić information content (AvgIpc) is 3.65. The first-order chi connectivity index (χ1) is 20.6. The number of thiol groups is 2. The topological polar surface area (TPSA) is 118 Å². The molecule has 0 bridgehead atoms. The van der Waals surface area contributed by atoms with E-state index in [2.05, 4.69) is 84.6 Å². The summed E-state index contributed by atoms with van der Waals surface area (Å²) in [6.07, 6.45) is 8.50. The maximum absolute atomic E-state index is 4.63.